The van der Waals surface area contributed by atoms with E-state index in [-0.39, 0.29) is 24.1 Å². The molecule has 6 heteroatoms. The number of carbonyl (C=O) groups is 2. The van der Waals surface area contributed by atoms with Gasteiger partial charge in [0.25, 0.3) is 5.91 Å². The SMILES string of the molecule is Cc1ccc(CC(=O)NNC(=O)c2ccc(-c3ccc(F)cc3)s2)cc1. The highest BCUT2D eigenvalue weighted by molar-refractivity contribution is 7.17. The van der Waals surface area contributed by atoms with Crippen LogP contribution in [0.1, 0.15) is 20.8 Å². The number of aryl methyl sites for hydroxylation is 1. The van der Waals surface area contributed by atoms with Crippen molar-refractivity contribution in [3.8, 4) is 10.4 Å². The molecule has 3 rings (SSSR count). The van der Waals surface area contributed by atoms with Crippen LogP contribution in [0.25, 0.3) is 10.4 Å². The molecule has 0 bridgehead atoms. The topological polar surface area (TPSA) is 58.2 Å². The number of hydrogen-bond donors (Lipinski definition) is 2. The van der Waals surface area contributed by atoms with E-state index < -0.39 is 0 Å². The zero-order chi connectivity index (χ0) is 18.5. The first-order valence-electron chi connectivity index (χ1n) is 8.02. The fourth-order valence-corrected chi connectivity index (χ4v) is 3.26. The summed E-state index contributed by atoms with van der Waals surface area (Å²) in [5.41, 5.74) is 7.66. The average Bonchev–Trinajstić information content (AvgIpc) is 3.12. The van der Waals surface area contributed by atoms with Gasteiger partial charge in [-0.2, -0.15) is 0 Å². The molecule has 0 unspecified atom stereocenters. The molecule has 0 saturated carbocycles. The quantitative estimate of drug-likeness (QED) is 0.687. The molecular weight excluding hydrogens is 351 g/mol. The zero-order valence-electron chi connectivity index (χ0n) is 14.1. The number of rotatable bonds is 4. The third-order valence-electron chi connectivity index (χ3n) is 3.76. The number of halogens is 1. The van der Waals surface area contributed by atoms with Gasteiger partial charge < -0.3 is 0 Å². The lowest BCUT2D eigenvalue weighted by molar-refractivity contribution is -0.121. The number of carbonyl (C=O) groups excluding carboxylic acids is 2. The van der Waals surface area contributed by atoms with Crippen molar-refractivity contribution in [2.24, 2.45) is 0 Å². The first-order chi connectivity index (χ1) is 12.5. The van der Waals surface area contributed by atoms with Crippen molar-refractivity contribution in [3.63, 3.8) is 0 Å². The third kappa shape index (κ3) is 4.55. The lowest BCUT2D eigenvalue weighted by atomic mass is 10.1. The van der Waals surface area contributed by atoms with Crippen molar-refractivity contribution in [2.45, 2.75) is 13.3 Å². The lowest BCUT2D eigenvalue weighted by Crippen LogP contribution is -2.42. The molecular formula is C20H17FN2O2S. The maximum atomic E-state index is 13.0. The Kier molecular flexibility index (Phi) is 5.43. The predicted molar refractivity (Wildman–Crippen MR) is 100 cm³/mol. The average molecular weight is 368 g/mol. The van der Waals surface area contributed by atoms with Gasteiger partial charge in [0.15, 0.2) is 0 Å². The van der Waals surface area contributed by atoms with Gasteiger partial charge >= 0.3 is 0 Å². The standard InChI is InChI=1S/C20H17FN2O2S/c1-13-2-4-14(5-3-13)12-19(24)22-23-20(25)18-11-10-17(26-18)15-6-8-16(21)9-7-15/h2-11H,12H2,1H3,(H,22,24)(H,23,25). The second-order valence-electron chi connectivity index (χ2n) is 5.84. The molecule has 0 spiro atoms. The highest BCUT2D eigenvalue weighted by Crippen LogP contribution is 2.28. The van der Waals surface area contributed by atoms with Gasteiger partial charge in [-0.25, -0.2) is 4.39 Å². The Morgan fingerprint density at radius 3 is 2.31 bits per heavy atom. The van der Waals surface area contributed by atoms with E-state index in [0.29, 0.717) is 4.88 Å². The molecule has 0 aliphatic heterocycles. The number of hydrazine groups is 1. The molecule has 0 aliphatic carbocycles. The van der Waals surface area contributed by atoms with Gasteiger partial charge in [-0.1, -0.05) is 42.0 Å². The summed E-state index contributed by atoms with van der Waals surface area (Å²) in [6.07, 6.45) is 0.186. The summed E-state index contributed by atoms with van der Waals surface area (Å²) < 4.78 is 13.0. The second-order valence-corrected chi connectivity index (χ2v) is 6.92. The van der Waals surface area contributed by atoms with Crippen LogP contribution < -0.4 is 10.9 Å². The van der Waals surface area contributed by atoms with Crippen LogP contribution in [0.3, 0.4) is 0 Å². The van der Waals surface area contributed by atoms with Crippen molar-refractivity contribution < 1.29 is 14.0 Å². The summed E-state index contributed by atoms with van der Waals surface area (Å²) in [6, 6.07) is 17.2. The van der Waals surface area contributed by atoms with Crippen LogP contribution in [0.4, 0.5) is 4.39 Å². The van der Waals surface area contributed by atoms with Crippen LogP contribution in [0.5, 0.6) is 0 Å². The molecule has 1 heterocycles. The van der Waals surface area contributed by atoms with Crippen molar-refractivity contribution in [1.29, 1.82) is 0 Å². The van der Waals surface area contributed by atoms with Crippen LogP contribution in [-0.4, -0.2) is 11.8 Å². The highest BCUT2D eigenvalue weighted by atomic mass is 32.1. The van der Waals surface area contributed by atoms with Gasteiger partial charge in [-0.05, 0) is 42.3 Å². The second kappa shape index (κ2) is 7.93. The summed E-state index contributed by atoms with van der Waals surface area (Å²) in [5.74, 6) is -0.988. The Morgan fingerprint density at radius 2 is 1.62 bits per heavy atom. The monoisotopic (exact) mass is 368 g/mol. The van der Waals surface area contributed by atoms with Gasteiger partial charge in [-0.15, -0.1) is 11.3 Å². The summed E-state index contributed by atoms with van der Waals surface area (Å²) in [6.45, 7) is 1.98. The Balaban J connectivity index is 1.55. The van der Waals surface area contributed by atoms with Gasteiger partial charge in [0, 0.05) is 4.88 Å². The van der Waals surface area contributed by atoms with Crippen LogP contribution in [0.15, 0.2) is 60.7 Å². The van der Waals surface area contributed by atoms with Gasteiger partial charge in [0.1, 0.15) is 5.82 Å². The molecule has 2 aromatic carbocycles. The summed E-state index contributed by atoms with van der Waals surface area (Å²) in [7, 11) is 0. The fourth-order valence-electron chi connectivity index (χ4n) is 2.35. The van der Waals surface area contributed by atoms with E-state index in [1.807, 2.05) is 31.2 Å². The molecule has 0 aliphatic rings. The van der Waals surface area contributed by atoms with Crippen molar-refractivity contribution in [1.82, 2.24) is 10.9 Å². The molecule has 0 atom stereocenters. The number of hydrogen-bond acceptors (Lipinski definition) is 3. The molecule has 0 saturated heterocycles. The minimum atomic E-state index is -0.388. The van der Waals surface area contributed by atoms with Crippen molar-refractivity contribution >= 4 is 23.2 Å². The largest absolute Gasteiger partial charge is 0.279 e. The fraction of sp³-hybridized carbons (Fsp3) is 0.100. The number of nitrogens with one attached hydrogen (secondary N) is 2. The van der Waals surface area contributed by atoms with Crippen LogP contribution in [-0.2, 0) is 11.2 Å². The predicted octanol–water partition coefficient (Wildman–Crippen LogP) is 3.87. The number of amides is 2. The Hall–Kier alpha value is -2.99. The molecule has 1 aromatic heterocycles. The molecule has 4 nitrogen and oxygen atoms in total. The van der Waals surface area contributed by atoms with E-state index in [4.69, 9.17) is 0 Å². The van der Waals surface area contributed by atoms with Crippen LogP contribution >= 0.6 is 11.3 Å². The van der Waals surface area contributed by atoms with Gasteiger partial charge in [-0.3, -0.25) is 20.4 Å². The normalized spacial score (nSPS) is 10.4. The van der Waals surface area contributed by atoms with E-state index >= 15 is 0 Å². The Morgan fingerprint density at radius 1 is 0.923 bits per heavy atom. The molecule has 132 valence electrons. The highest BCUT2D eigenvalue weighted by Gasteiger charge is 2.11. The maximum absolute atomic E-state index is 13.0. The van der Waals surface area contributed by atoms with E-state index in [0.717, 1.165) is 21.6 Å². The lowest BCUT2D eigenvalue weighted by Gasteiger charge is -2.06. The van der Waals surface area contributed by atoms with E-state index in [9.17, 15) is 14.0 Å². The molecule has 3 aromatic rings. The first kappa shape index (κ1) is 17.8. The molecule has 0 radical (unpaired) electrons. The minimum Gasteiger partial charge on any atom is -0.273 e. The molecule has 0 fully saturated rings. The van der Waals surface area contributed by atoms with Gasteiger partial charge in [0.2, 0.25) is 5.91 Å². The van der Waals surface area contributed by atoms with E-state index in [1.165, 1.54) is 23.5 Å². The Bertz CT molecular complexity index is 918. The zero-order valence-corrected chi connectivity index (χ0v) is 14.9. The molecule has 26 heavy (non-hydrogen) atoms. The molecule has 2 amide bonds. The van der Waals surface area contributed by atoms with E-state index in [1.54, 1.807) is 24.3 Å². The van der Waals surface area contributed by atoms with Crippen molar-refractivity contribution in [2.75, 3.05) is 0 Å². The third-order valence-corrected chi connectivity index (χ3v) is 4.89. The van der Waals surface area contributed by atoms with Crippen molar-refractivity contribution in [3.05, 3.63) is 82.5 Å². The number of benzene rings is 2. The number of thiophene rings is 1. The summed E-state index contributed by atoms with van der Waals surface area (Å²) in [5, 5.41) is 0. The smallest absolute Gasteiger partial charge is 0.273 e. The summed E-state index contributed by atoms with van der Waals surface area (Å²) in [4.78, 5) is 25.4. The van der Waals surface area contributed by atoms with Gasteiger partial charge in [0.05, 0.1) is 11.3 Å². The van der Waals surface area contributed by atoms with Crippen LogP contribution in [0, 0.1) is 12.7 Å². The first-order valence-corrected chi connectivity index (χ1v) is 8.83. The minimum absolute atomic E-state index is 0.186. The van der Waals surface area contributed by atoms with E-state index in [2.05, 4.69) is 10.9 Å². The van der Waals surface area contributed by atoms with Crippen LogP contribution in [0.2, 0.25) is 0 Å². The maximum Gasteiger partial charge on any atom is 0.279 e. The molecule has 2 N–H and O–H groups in total. The Labute approximate surface area is 154 Å². The summed E-state index contributed by atoms with van der Waals surface area (Å²) >= 11 is 1.27.